The van der Waals surface area contributed by atoms with Crippen molar-refractivity contribution in [3.63, 3.8) is 0 Å². The average Bonchev–Trinajstić information content (AvgIpc) is 2.55. The first-order valence-electron chi connectivity index (χ1n) is 8.09. The molecule has 1 aromatic rings. The Kier molecular flexibility index (Phi) is 9.02. The van der Waals surface area contributed by atoms with E-state index in [0.29, 0.717) is 17.7 Å². The van der Waals surface area contributed by atoms with Gasteiger partial charge in [-0.05, 0) is 55.9 Å². The highest BCUT2D eigenvalue weighted by molar-refractivity contribution is 14.0. The van der Waals surface area contributed by atoms with Gasteiger partial charge < -0.3 is 16.0 Å². The second-order valence-corrected chi connectivity index (χ2v) is 6.08. The van der Waals surface area contributed by atoms with Crippen LogP contribution < -0.4 is 16.0 Å². The van der Waals surface area contributed by atoms with Gasteiger partial charge in [-0.25, -0.2) is 4.39 Å². The van der Waals surface area contributed by atoms with Crippen LogP contribution in [0.15, 0.2) is 29.3 Å². The lowest BCUT2D eigenvalue weighted by Gasteiger charge is -2.28. The molecule has 0 aromatic heterocycles. The van der Waals surface area contributed by atoms with Gasteiger partial charge in [-0.3, -0.25) is 9.79 Å². The molecule has 0 spiro atoms. The monoisotopic (exact) mass is 448 g/mol. The third kappa shape index (κ3) is 7.02. The summed E-state index contributed by atoms with van der Waals surface area (Å²) in [5.41, 5.74) is 0.572. The van der Waals surface area contributed by atoms with E-state index < -0.39 is 0 Å². The van der Waals surface area contributed by atoms with Crippen molar-refractivity contribution in [2.24, 2.45) is 10.9 Å². The van der Waals surface area contributed by atoms with E-state index >= 15 is 0 Å². The second kappa shape index (κ2) is 10.5. The van der Waals surface area contributed by atoms with Crippen LogP contribution in [0.5, 0.6) is 0 Å². The van der Waals surface area contributed by atoms with Gasteiger partial charge in [-0.15, -0.1) is 24.0 Å². The topological polar surface area (TPSA) is 65.5 Å². The van der Waals surface area contributed by atoms with Crippen LogP contribution >= 0.6 is 24.0 Å². The van der Waals surface area contributed by atoms with Gasteiger partial charge in [0.05, 0.1) is 6.54 Å². The Morgan fingerprint density at radius 1 is 1.21 bits per heavy atom. The van der Waals surface area contributed by atoms with E-state index in [1.54, 1.807) is 7.05 Å². The van der Waals surface area contributed by atoms with E-state index in [1.165, 1.54) is 37.1 Å². The molecule has 0 atom stereocenters. The number of anilines is 1. The van der Waals surface area contributed by atoms with Crippen molar-refractivity contribution in [2.75, 3.05) is 18.9 Å². The molecule has 0 unspecified atom stereocenters. The summed E-state index contributed by atoms with van der Waals surface area (Å²) in [6, 6.07) is 6.10. The fraction of sp³-hybridized carbons (Fsp3) is 0.529. The van der Waals surface area contributed by atoms with Crippen LogP contribution in [-0.2, 0) is 4.79 Å². The number of carbonyl (C=O) groups is 1. The normalized spacial score (nSPS) is 20.7. The number of halogens is 2. The van der Waals surface area contributed by atoms with Gasteiger partial charge in [0.1, 0.15) is 5.82 Å². The van der Waals surface area contributed by atoms with Crippen LogP contribution in [0.3, 0.4) is 0 Å². The minimum atomic E-state index is -0.326. The van der Waals surface area contributed by atoms with Gasteiger partial charge in [0.15, 0.2) is 5.96 Å². The highest BCUT2D eigenvalue weighted by atomic mass is 127. The Morgan fingerprint density at radius 3 is 2.42 bits per heavy atom. The zero-order valence-electron chi connectivity index (χ0n) is 14.1. The maximum atomic E-state index is 12.8. The molecule has 3 N–H and O–H groups in total. The summed E-state index contributed by atoms with van der Waals surface area (Å²) in [6.45, 7) is 2.39. The third-order valence-electron chi connectivity index (χ3n) is 4.12. The first-order valence-corrected chi connectivity index (χ1v) is 8.09. The summed E-state index contributed by atoms with van der Waals surface area (Å²) in [5, 5.41) is 9.08. The second-order valence-electron chi connectivity index (χ2n) is 6.08. The molecule has 1 aliphatic rings. The lowest BCUT2D eigenvalue weighted by Crippen LogP contribution is -2.46. The molecule has 134 valence electrons. The molecule has 1 aromatic carbocycles. The number of nitrogens with one attached hydrogen (secondary N) is 3. The maximum absolute atomic E-state index is 12.8. The zero-order chi connectivity index (χ0) is 16.7. The molecule has 0 aliphatic heterocycles. The quantitative estimate of drug-likeness (QED) is 0.377. The average molecular weight is 448 g/mol. The molecular weight excluding hydrogens is 422 g/mol. The first-order chi connectivity index (χ1) is 11.1. The molecule has 1 amide bonds. The summed E-state index contributed by atoms with van der Waals surface area (Å²) in [7, 11) is 1.69. The molecule has 0 radical (unpaired) electrons. The molecule has 1 saturated carbocycles. The number of rotatable bonds is 4. The largest absolute Gasteiger partial charge is 0.354 e. The van der Waals surface area contributed by atoms with Crippen molar-refractivity contribution < 1.29 is 9.18 Å². The molecule has 0 bridgehead atoms. The van der Waals surface area contributed by atoms with Crippen LogP contribution in [0.2, 0.25) is 0 Å². The zero-order valence-corrected chi connectivity index (χ0v) is 16.5. The van der Waals surface area contributed by atoms with E-state index in [-0.39, 0.29) is 42.2 Å². The molecule has 24 heavy (non-hydrogen) atoms. The van der Waals surface area contributed by atoms with Gasteiger partial charge in [0, 0.05) is 18.8 Å². The van der Waals surface area contributed by atoms with Crippen molar-refractivity contribution in [2.45, 2.75) is 38.6 Å². The van der Waals surface area contributed by atoms with E-state index in [0.717, 1.165) is 18.8 Å². The minimum Gasteiger partial charge on any atom is -0.354 e. The molecule has 0 heterocycles. The van der Waals surface area contributed by atoms with Crippen LogP contribution in [-0.4, -0.2) is 31.5 Å². The Labute approximate surface area is 159 Å². The fourth-order valence-corrected chi connectivity index (χ4v) is 2.69. The van der Waals surface area contributed by atoms with Crippen molar-refractivity contribution in [1.29, 1.82) is 0 Å². The predicted octanol–water partition coefficient (Wildman–Crippen LogP) is 3.13. The maximum Gasteiger partial charge on any atom is 0.243 e. The van der Waals surface area contributed by atoms with Crippen LogP contribution in [0.25, 0.3) is 0 Å². The number of aliphatic imine (C=N–C) groups is 1. The molecule has 2 rings (SSSR count). The van der Waals surface area contributed by atoms with Crippen LogP contribution in [0, 0.1) is 11.7 Å². The number of carbonyl (C=O) groups excluding carboxylic acids is 1. The first kappa shape index (κ1) is 20.7. The summed E-state index contributed by atoms with van der Waals surface area (Å²) < 4.78 is 12.8. The lowest BCUT2D eigenvalue weighted by molar-refractivity contribution is -0.115. The summed E-state index contributed by atoms with van der Waals surface area (Å²) >= 11 is 0. The molecule has 1 aliphatic carbocycles. The number of hydrogen-bond acceptors (Lipinski definition) is 2. The summed E-state index contributed by atoms with van der Waals surface area (Å²) in [5.74, 6) is 0.910. The van der Waals surface area contributed by atoms with Crippen molar-refractivity contribution in [1.82, 2.24) is 10.6 Å². The summed E-state index contributed by atoms with van der Waals surface area (Å²) in [4.78, 5) is 16.1. The molecule has 7 heteroatoms. The van der Waals surface area contributed by atoms with Crippen molar-refractivity contribution in [3.8, 4) is 0 Å². The molecule has 1 fully saturated rings. The SMILES string of the molecule is CN=C(NCC(=O)Nc1ccc(F)cc1)NC1CCC(C)CC1.I. The van der Waals surface area contributed by atoms with Crippen molar-refractivity contribution >= 4 is 41.5 Å². The Balaban J connectivity index is 0.00000288. The van der Waals surface area contributed by atoms with E-state index in [4.69, 9.17) is 0 Å². The van der Waals surface area contributed by atoms with Crippen LogP contribution in [0.1, 0.15) is 32.6 Å². The number of nitrogens with zero attached hydrogens (tertiary/aromatic N) is 1. The van der Waals surface area contributed by atoms with Gasteiger partial charge in [0.2, 0.25) is 5.91 Å². The number of benzene rings is 1. The Hall–Kier alpha value is -1.38. The molecule has 5 nitrogen and oxygen atoms in total. The van der Waals surface area contributed by atoms with Gasteiger partial charge in [-0.2, -0.15) is 0 Å². The predicted molar refractivity (Wildman–Crippen MR) is 106 cm³/mol. The number of guanidine groups is 1. The van der Waals surface area contributed by atoms with Gasteiger partial charge in [-0.1, -0.05) is 6.92 Å². The lowest BCUT2D eigenvalue weighted by atomic mass is 9.87. The summed E-state index contributed by atoms with van der Waals surface area (Å²) in [6.07, 6.45) is 4.70. The van der Waals surface area contributed by atoms with Gasteiger partial charge >= 0.3 is 0 Å². The molecule has 0 saturated heterocycles. The number of amides is 1. The highest BCUT2D eigenvalue weighted by Crippen LogP contribution is 2.23. The smallest absolute Gasteiger partial charge is 0.243 e. The fourth-order valence-electron chi connectivity index (χ4n) is 2.69. The minimum absolute atomic E-state index is 0. The van der Waals surface area contributed by atoms with E-state index in [2.05, 4.69) is 27.9 Å². The Bertz CT molecular complexity index is 542. The van der Waals surface area contributed by atoms with Gasteiger partial charge in [0.25, 0.3) is 0 Å². The van der Waals surface area contributed by atoms with Crippen LogP contribution in [0.4, 0.5) is 10.1 Å². The van der Waals surface area contributed by atoms with E-state index in [1.807, 2.05) is 0 Å². The van der Waals surface area contributed by atoms with E-state index in [9.17, 15) is 9.18 Å². The third-order valence-corrected chi connectivity index (χ3v) is 4.12. The number of hydrogen-bond donors (Lipinski definition) is 3. The Morgan fingerprint density at radius 2 is 1.83 bits per heavy atom. The molecular formula is C17H26FIN4O. The highest BCUT2D eigenvalue weighted by Gasteiger charge is 2.19. The van der Waals surface area contributed by atoms with Crippen molar-refractivity contribution in [3.05, 3.63) is 30.1 Å². The standard InChI is InChI=1S/C17H25FN4O.HI/c1-12-3-7-15(8-4-12)22-17(19-2)20-11-16(23)21-14-9-5-13(18)6-10-14;/h5-6,9-10,12,15H,3-4,7-8,11H2,1-2H3,(H,21,23)(H2,19,20,22);1H.